The third kappa shape index (κ3) is 2.31. The molecule has 3 aromatic rings. The molecule has 2 aromatic carbocycles. The maximum atomic E-state index is 12.9. The molecule has 0 N–H and O–H groups in total. The SMILES string of the molecule is CN1C(=O)N(Cc2c(Cl)oc3ccccc23)S(=O)(=O)c2ccccc21. The Labute approximate surface area is 149 Å². The number of carbonyl (C=O) groups is 1. The molecule has 2 amide bonds. The van der Waals surface area contributed by atoms with E-state index in [0.717, 1.165) is 4.31 Å². The van der Waals surface area contributed by atoms with Gasteiger partial charge in [-0.05, 0) is 29.8 Å². The average molecular weight is 377 g/mol. The molecule has 128 valence electrons. The molecule has 25 heavy (non-hydrogen) atoms. The van der Waals surface area contributed by atoms with Gasteiger partial charge in [-0.2, -0.15) is 0 Å². The molecule has 1 aliphatic heterocycles. The van der Waals surface area contributed by atoms with Gasteiger partial charge >= 0.3 is 6.03 Å². The first-order chi connectivity index (χ1) is 11.9. The van der Waals surface area contributed by atoms with E-state index in [1.807, 2.05) is 0 Å². The Balaban J connectivity index is 1.85. The Kier molecular flexibility index (Phi) is 3.52. The minimum Gasteiger partial charge on any atom is -0.444 e. The van der Waals surface area contributed by atoms with Gasteiger partial charge in [-0.15, -0.1) is 0 Å². The van der Waals surface area contributed by atoms with E-state index in [0.29, 0.717) is 22.2 Å². The summed E-state index contributed by atoms with van der Waals surface area (Å²) in [6.07, 6.45) is 0. The zero-order valence-electron chi connectivity index (χ0n) is 13.1. The summed E-state index contributed by atoms with van der Waals surface area (Å²) in [5, 5.41) is 0.753. The highest BCUT2D eigenvalue weighted by Gasteiger charge is 2.40. The van der Waals surface area contributed by atoms with Crippen LogP contribution in [0, 0.1) is 0 Å². The van der Waals surface area contributed by atoms with Gasteiger partial charge in [-0.1, -0.05) is 30.3 Å². The lowest BCUT2D eigenvalue weighted by Crippen LogP contribution is -2.48. The Hall–Kier alpha value is -2.51. The zero-order valence-corrected chi connectivity index (χ0v) is 14.7. The highest BCUT2D eigenvalue weighted by Crippen LogP contribution is 2.37. The van der Waals surface area contributed by atoms with Gasteiger partial charge in [0.05, 0.1) is 12.2 Å². The maximum Gasteiger partial charge on any atom is 0.338 e. The van der Waals surface area contributed by atoms with Crippen LogP contribution >= 0.6 is 11.6 Å². The molecule has 0 atom stereocenters. The lowest BCUT2D eigenvalue weighted by molar-refractivity contribution is 0.228. The lowest BCUT2D eigenvalue weighted by Gasteiger charge is -2.34. The largest absolute Gasteiger partial charge is 0.444 e. The number of nitrogens with zero attached hydrogens (tertiary/aromatic N) is 2. The molecular formula is C17H13ClN2O4S. The molecule has 0 unspecified atom stereocenters. The average Bonchev–Trinajstić information content (AvgIpc) is 2.92. The van der Waals surface area contributed by atoms with Crippen molar-refractivity contribution < 1.29 is 17.6 Å². The highest BCUT2D eigenvalue weighted by atomic mass is 35.5. The van der Waals surface area contributed by atoms with Crippen molar-refractivity contribution in [3.8, 4) is 0 Å². The van der Waals surface area contributed by atoms with Gasteiger partial charge in [-0.3, -0.25) is 4.90 Å². The molecule has 6 nitrogen and oxygen atoms in total. The zero-order chi connectivity index (χ0) is 17.8. The Bertz CT molecular complexity index is 1110. The fraction of sp³-hybridized carbons (Fsp3) is 0.118. The van der Waals surface area contributed by atoms with Gasteiger partial charge in [0.1, 0.15) is 10.5 Å². The van der Waals surface area contributed by atoms with Crippen LogP contribution in [0.5, 0.6) is 0 Å². The smallest absolute Gasteiger partial charge is 0.338 e. The molecule has 8 heteroatoms. The quantitative estimate of drug-likeness (QED) is 0.681. The van der Waals surface area contributed by atoms with Crippen LogP contribution in [0.15, 0.2) is 57.8 Å². The first-order valence-corrected chi connectivity index (χ1v) is 9.28. The Morgan fingerprint density at radius 1 is 1.08 bits per heavy atom. The molecule has 4 rings (SSSR count). The first-order valence-electron chi connectivity index (χ1n) is 7.46. The second-order valence-electron chi connectivity index (χ2n) is 5.67. The fourth-order valence-electron chi connectivity index (χ4n) is 2.96. The number of hydrogen-bond acceptors (Lipinski definition) is 4. The predicted molar refractivity (Wildman–Crippen MR) is 94.2 cm³/mol. The summed E-state index contributed by atoms with van der Waals surface area (Å²) in [4.78, 5) is 14.1. The number of benzene rings is 2. The number of carbonyl (C=O) groups excluding carboxylic acids is 1. The molecule has 0 aliphatic carbocycles. The molecule has 0 fully saturated rings. The van der Waals surface area contributed by atoms with Gasteiger partial charge in [0.2, 0.25) is 0 Å². The summed E-state index contributed by atoms with van der Waals surface area (Å²) < 4.78 is 32.2. The second-order valence-corrected chi connectivity index (χ2v) is 7.85. The number of anilines is 1. The van der Waals surface area contributed by atoms with Crippen molar-refractivity contribution in [2.75, 3.05) is 11.9 Å². The van der Waals surface area contributed by atoms with Crippen molar-refractivity contribution in [2.45, 2.75) is 11.4 Å². The molecule has 2 heterocycles. The summed E-state index contributed by atoms with van der Waals surface area (Å²) >= 11 is 6.15. The first kappa shape index (κ1) is 16.0. The van der Waals surface area contributed by atoms with Gasteiger partial charge in [-0.25, -0.2) is 17.5 Å². The Morgan fingerprint density at radius 2 is 1.76 bits per heavy atom. The standard InChI is InChI=1S/C17H13ClN2O4S/c1-19-13-7-3-5-9-15(13)25(22,23)20(17(19)21)10-12-11-6-2-4-8-14(11)24-16(12)18/h2-9H,10H2,1H3. The van der Waals surface area contributed by atoms with Crippen LogP contribution in [0.3, 0.4) is 0 Å². The molecular weight excluding hydrogens is 364 g/mol. The van der Waals surface area contributed by atoms with Crippen molar-refractivity contribution in [3.63, 3.8) is 0 Å². The Morgan fingerprint density at radius 3 is 2.56 bits per heavy atom. The number of rotatable bonds is 2. The van der Waals surface area contributed by atoms with E-state index < -0.39 is 16.1 Å². The van der Waals surface area contributed by atoms with Crippen molar-refractivity contribution in [1.29, 1.82) is 0 Å². The molecule has 0 bridgehead atoms. The van der Waals surface area contributed by atoms with E-state index in [1.54, 1.807) is 42.5 Å². The number of sulfonamides is 1. The van der Waals surface area contributed by atoms with Crippen LogP contribution in [0.1, 0.15) is 5.56 Å². The van der Waals surface area contributed by atoms with Crippen LogP contribution in [0.25, 0.3) is 11.0 Å². The van der Waals surface area contributed by atoms with E-state index in [-0.39, 0.29) is 16.7 Å². The van der Waals surface area contributed by atoms with Gasteiger partial charge < -0.3 is 4.42 Å². The predicted octanol–water partition coefficient (Wildman–Crippen LogP) is 3.85. The molecule has 1 aliphatic rings. The topological polar surface area (TPSA) is 70.8 Å². The number of fused-ring (bicyclic) bond motifs is 2. The minimum absolute atomic E-state index is 0.0747. The summed E-state index contributed by atoms with van der Waals surface area (Å²) in [6, 6.07) is 12.9. The van der Waals surface area contributed by atoms with Gasteiger partial charge in [0, 0.05) is 18.0 Å². The van der Waals surface area contributed by atoms with Gasteiger partial charge in [0.15, 0.2) is 5.22 Å². The van der Waals surface area contributed by atoms with Crippen LogP contribution in [-0.2, 0) is 16.6 Å². The minimum atomic E-state index is -3.98. The van der Waals surface area contributed by atoms with Crippen LogP contribution in [0.4, 0.5) is 10.5 Å². The fourth-order valence-corrected chi connectivity index (χ4v) is 4.79. The number of hydrogen-bond donors (Lipinski definition) is 0. The van der Waals surface area contributed by atoms with Crippen LogP contribution in [-0.4, -0.2) is 25.8 Å². The third-order valence-corrected chi connectivity index (χ3v) is 6.32. The highest BCUT2D eigenvalue weighted by molar-refractivity contribution is 7.90. The maximum absolute atomic E-state index is 12.9. The van der Waals surface area contributed by atoms with Crippen molar-refractivity contribution in [3.05, 3.63) is 59.3 Å². The van der Waals surface area contributed by atoms with Crippen molar-refractivity contribution in [2.24, 2.45) is 0 Å². The third-order valence-electron chi connectivity index (χ3n) is 4.25. The number of urea groups is 1. The lowest BCUT2D eigenvalue weighted by atomic mass is 10.2. The summed E-state index contributed by atoms with van der Waals surface area (Å²) in [5.41, 5.74) is 1.35. The van der Waals surface area contributed by atoms with E-state index in [1.165, 1.54) is 18.0 Å². The molecule has 0 spiro atoms. The van der Waals surface area contributed by atoms with Crippen molar-refractivity contribution in [1.82, 2.24) is 4.31 Å². The summed E-state index contributed by atoms with van der Waals surface area (Å²) in [6.45, 7) is -0.199. The van der Waals surface area contributed by atoms with E-state index in [4.69, 9.17) is 16.0 Å². The monoisotopic (exact) mass is 376 g/mol. The normalized spacial score (nSPS) is 16.3. The summed E-state index contributed by atoms with van der Waals surface area (Å²) in [7, 11) is -2.45. The summed E-state index contributed by atoms with van der Waals surface area (Å²) in [5.74, 6) is 0. The van der Waals surface area contributed by atoms with E-state index >= 15 is 0 Å². The van der Waals surface area contributed by atoms with Gasteiger partial charge in [0.25, 0.3) is 10.0 Å². The van der Waals surface area contributed by atoms with E-state index in [2.05, 4.69) is 0 Å². The molecule has 0 saturated heterocycles. The second kappa shape index (κ2) is 5.50. The molecule has 0 saturated carbocycles. The number of para-hydroxylation sites is 2. The number of halogens is 1. The molecule has 0 radical (unpaired) electrons. The number of amides is 2. The van der Waals surface area contributed by atoms with E-state index in [9.17, 15) is 13.2 Å². The number of furan rings is 1. The molecule has 1 aromatic heterocycles. The van der Waals surface area contributed by atoms with Crippen LogP contribution in [0.2, 0.25) is 5.22 Å². The van der Waals surface area contributed by atoms with Crippen molar-refractivity contribution >= 4 is 44.3 Å². The van der Waals surface area contributed by atoms with Crippen LogP contribution < -0.4 is 4.90 Å².